The smallest absolute Gasteiger partial charge is 0.312 e. The van der Waals surface area contributed by atoms with Crippen molar-refractivity contribution in [1.82, 2.24) is 0 Å². The zero-order valence-electron chi connectivity index (χ0n) is 5.26. The quantitative estimate of drug-likeness (QED) is 0.314. The predicted molar refractivity (Wildman–Crippen MR) is 31.7 cm³/mol. The maximum atomic E-state index is 8.60. The molecule has 0 saturated heterocycles. The van der Waals surface area contributed by atoms with E-state index in [4.69, 9.17) is 9.76 Å². The number of hydrogen-bond acceptors (Lipinski definition) is 3. The van der Waals surface area contributed by atoms with E-state index in [1.54, 1.807) is 13.9 Å². The number of methoxy groups -OCH3 is 1. The lowest BCUT2D eigenvalue weighted by Gasteiger charge is -2.00. The Labute approximate surface area is 49.7 Å². The van der Waals surface area contributed by atoms with E-state index in [-0.39, 0.29) is 6.79 Å². The van der Waals surface area contributed by atoms with E-state index >= 15 is 0 Å². The molecule has 0 bridgehead atoms. The van der Waals surface area contributed by atoms with Crippen LogP contribution in [0.25, 0.3) is 0 Å². The van der Waals surface area contributed by atoms with Crippen molar-refractivity contribution in [1.29, 1.82) is 0 Å². The van der Waals surface area contributed by atoms with Crippen LogP contribution in [0, 0.1) is 0 Å². The lowest BCUT2D eigenvalue weighted by atomic mass is 9.74. The molecule has 1 N–H and O–H groups in total. The molecule has 0 saturated carbocycles. The molecule has 3 nitrogen and oxygen atoms in total. The van der Waals surface area contributed by atoms with Crippen molar-refractivity contribution in [2.75, 3.05) is 20.4 Å². The van der Waals surface area contributed by atoms with Crippen molar-refractivity contribution >= 4 is 6.92 Å². The standard InChI is InChI=1S/C4H11BO3/c1-5(6)3-8-4-7-2/h6H,3-4H2,1-2H3. The van der Waals surface area contributed by atoms with Crippen LogP contribution in [0.15, 0.2) is 0 Å². The minimum atomic E-state index is -0.398. The highest BCUT2D eigenvalue weighted by Crippen LogP contribution is 1.77. The SMILES string of the molecule is COCOCB(C)O. The van der Waals surface area contributed by atoms with Crippen LogP contribution >= 0.6 is 0 Å². The van der Waals surface area contributed by atoms with Gasteiger partial charge < -0.3 is 14.5 Å². The maximum absolute atomic E-state index is 8.60. The van der Waals surface area contributed by atoms with E-state index in [1.807, 2.05) is 0 Å². The summed E-state index contributed by atoms with van der Waals surface area (Å²) in [6, 6.07) is 0. The van der Waals surface area contributed by atoms with Crippen molar-refractivity contribution in [3.8, 4) is 0 Å². The monoisotopic (exact) mass is 118 g/mol. The molecule has 0 aromatic carbocycles. The van der Waals surface area contributed by atoms with Crippen LogP contribution in [0.2, 0.25) is 6.82 Å². The molecule has 0 aromatic heterocycles. The van der Waals surface area contributed by atoms with Gasteiger partial charge in [0.05, 0.1) is 6.51 Å². The van der Waals surface area contributed by atoms with Crippen molar-refractivity contribution in [2.45, 2.75) is 6.82 Å². The minimum absolute atomic E-state index is 0.255. The largest absolute Gasteiger partial charge is 0.449 e. The zero-order valence-corrected chi connectivity index (χ0v) is 5.26. The summed E-state index contributed by atoms with van der Waals surface area (Å²) in [6.07, 6.45) is 0. The van der Waals surface area contributed by atoms with Crippen LogP contribution in [0.3, 0.4) is 0 Å². The first-order valence-corrected chi connectivity index (χ1v) is 2.52. The van der Waals surface area contributed by atoms with Crippen LogP contribution < -0.4 is 0 Å². The summed E-state index contributed by atoms with van der Waals surface area (Å²) < 4.78 is 9.33. The molecule has 4 heteroatoms. The minimum Gasteiger partial charge on any atom is -0.449 e. The summed E-state index contributed by atoms with van der Waals surface area (Å²) in [6.45, 7) is 1.86. The van der Waals surface area contributed by atoms with Crippen LogP contribution in [0.1, 0.15) is 0 Å². The van der Waals surface area contributed by atoms with Crippen LogP contribution in [0.5, 0.6) is 0 Å². The van der Waals surface area contributed by atoms with E-state index < -0.39 is 6.92 Å². The molecule has 0 rings (SSSR count). The average Bonchev–Trinajstić information content (AvgIpc) is 1.66. The van der Waals surface area contributed by atoms with Gasteiger partial charge in [-0.3, -0.25) is 0 Å². The first-order valence-electron chi connectivity index (χ1n) is 2.52. The number of rotatable bonds is 4. The van der Waals surface area contributed by atoms with Gasteiger partial charge in [0.25, 0.3) is 0 Å². The highest BCUT2D eigenvalue weighted by Gasteiger charge is 1.99. The van der Waals surface area contributed by atoms with E-state index in [9.17, 15) is 0 Å². The van der Waals surface area contributed by atoms with Gasteiger partial charge in [0.15, 0.2) is 0 Å². The molecule has 0 unspecified atom stereocenters. The molecule has 0 fully saturated rings. The van der Waals surface area contributed by atoms with Gasteiger partial charge in [-0.1, -0.05) is 6.82 Å². The molecular weight excluding hydrogens is 107 g/mol. The lowest BCUT2D eigenvalue weighted by Crippen LogP contribution is -2.16. The third-order valence-electron chi connectivity index (χ3n) is 0.560. The highest BCUT2D eigenvalue weighted by atomic mass is 16.7. The normalized spacial score (nSPS) is 9.38. The molecular formula is C4H11BO3. The first kappa shape index (κ1) is 7.94. The molecule has 0 heterocycles. The second kappa shape index (κ2) is 5.09. The van der Waals surface area contributed by atoms with Gasteiger partial charge in [0.1, 0.15) is 6.79 Å². The molecule has 0 aliphatic rings. The topological polar surface area (TPSA) is 38.7 Å². The number of ether oxygens (including phenoxy) is 2. The van der Waals surface area contributed by atoms with Gasteiger partial charge in [-0.2, -0.15) is 0 Å². The Kier molecular flexibility index (Phi) is 5.05. The zero-order chi connectivity index (χ0) is 6.41. The Morgan fingerprint density at radius 3 is 2.62 bits per heavy atom. The number of hydrogen-bond donors (Lipinski definition) is 1. The van der Waals surface area contributed by atoms with Gasteiger partial charge in [0, 0.05) is 7.11 Å². The molecule has 0 radical (unpaired) electrons. The average molecular weight is 118 g/mol. The van der Waals surface area contributed by atoms with Crippen molar-refractivity contribution in [2.24, 2.45) is 0 Å². The van der Waals surface area contributed by atoms with Crippen LogP contribution in [-0.2, 0) is 9.47 Å². The van der Waals surface area contributed by atoms with E-state index in [0.29, 0.717) is 6.51 Å². The Morgan fingerprint density at radius 1 is 1.62 bits per heavy atom. The molecule has 0 aliphatic carbocycles. The summed E-state index contributed by atoms with van der Waals surface area (Å²) in [4.78, 5) is 0. The molecule has 0 amide bonds. The Morgan fingerprint density at radius 2 is 2.25 bits per heavy atom. The van der Waals surface area contributed by atoms with Gasteiger partial charge in [-0.05, 0) is 0 Å². The third kappa shape index (κ3) is 5.94. The summed E-state index contributed by atoms with van der Waals surface area (Å²) in [5.41, 5.74) is 0. The predicted octanol–water partition coefficient (Wildman–Crippen LogP) is -0.240. The fourth-order valence-electron chi connectivity index (χ4n) is 0.302. The third-order valence-corrected chi connectivity index (χ3v) is 0.560. The Hall–Kier alpha value is -0.0551. The van der Waals surface area contributed by atoms with E-state index in [2.05, 4.69) is 4.74 Å². The molecule has 8 heavy (non-hydrogen) atoms. The van der Waals surface area contributed by atoms with Crippen molar-refractivity contribution in [3.05, 3.63) is 0 Å². The lowest BCUT2D eigenvalue weighted by molar-refractivity contribution is -0.0152. The van der Waals surface area contributed by atoms with Gasteiger partial charge >= 0.3 is 6.92 Å². The maximum Gasteiger partial charge on any atom is 0.312 e. The summed E-state index contributed by atoms with van der Waals surface area (Å²) in [7, 11) is 1.54. The molecule has 48 valence electrons. The molecule has 0 aromatic rings. The Bertz CT molecular complexity index is 48.5. The molecule has 0 spiro atoms. The fourth-order valence-corrected chi connectivity index (χ4v) is 0.302. The summed E-state index contributed by atoms with van der Waals surface area (Å²) in [5, 5.41) is 8.60. The summed E-state index contributed by atoms with van der Waals surface area (Å²) >= 11 is 0. The van der Waals surface area contributed by atoms with Gasteiger partial charge in [0.2, 0.25) is 0 Å². The van der Waals surface area contributed by atoms with Crippen LogP contribution in [0.4, 0.5) is 0 Å². The fraction of sp³-hybridized carbons (Fsp3) is 1.00. The van der Waals surface area contributed by atoms with E-state index in [1.165, 1.54) is 0 Å². The van der Waals surface area contributed by atoms with Crippen molar-refractivity contribution in [3.63, 3.8) is 0 Å². The second-order valence-electron chi connectivity index (χ2n) is 1.63. The molecule has 0 atom stereocenters. The second-order valence-corrected chi connectivity index (χ2v) is 1.63. The highest BCUT2D eigenvalue weighted by molar-refractivity contribution is 6.48. The first-order chi connectivity index (χ1) is 3.77. The van der Waals surface area contributed by atoms with Crippen LogP contribution in [-0.4, -0.2) is 32.3 Å². The van der Waals surface area contributed by atoms with Gasteiger partial charge in [-0.15, -0.1) is 0 Å². The van der Waals surface area contributed by atoms with Crippen molar-refractivity contribution < 1.29 is 14.5 Å². The summed E-state index contributed by atoms with van der Waals surface area (Å²) in [5.74, 6) is 0. The molecule has 0 aliphatic heterocycles. The van der Waals surface area contributed by atoms with E-state index in [0.717, 1.165) is 0 Å². The Balaban J connectivity index is 2.72. The van der Waals surface area contributed by atoms with Gasteiger partial charge in [-0.25, -0.2) is 0 Å².